The smallest absolute Gasteiger partial charge is 0.417 e. The highest BCUT2D eigenvalue weighted by Gasteiger charge is 2.44. The van der Waals surface area contributed by atoms with Gasteiger partial charge in [0.25, 0.3) is 5.91 Å². The van der Waals surface area contributed by atoms with Crippen molar-refractivity contribution in [3.8, 4) is 0 Å². The van der Waals surface area contributed by atoms with Gasteiger partial charge in [0.1, 0.15) is 6.04 Å². The van der Waals surface area contributed by atoms with Crippen molar-refractivity contribution < 1.29 is 23.9 Å². The SMILES string of the molecule is COC(=O)[C@@H]1C/C(=C/Cc2ccccc2)C(=O)N1C(=O)OC. The third-order valence-electron chi connectivity index (χ3n) is 3.49. The Hall–Kier alpha value is -2.63. The summed E-state index contributed by atoms with van der Waals surface area (Å²) in [6, 6.07) is 8.62. The van der Waals surface area contributed by atoms with Gasteiger partial charge in [0.2, 0.25) is 0 Å². The van der Waals surface area contributed by atoms with Crippen molar-refractivity contribution in [3.63, 3.8) is 0 Å². The molecule has 1 aromatic rings. The van der Waals surface area contributed by atoms with Crippen LogP contribution in [0.3, 0.4) is 0 Å². The van der Waals surface area contributed by atoms with Gasteiger partial charge in [-0.15, -0.1) is 0 Å². The molecule has 2 amide bonds. The van der Waals surface area contributed by atoms with Crippen LogP contribution in [0.5, 0.6) is 0 Å². The molecule has 0 aliphatic carbocycles. The summed E-state index contributed by atoms with van der Waals surface area (Å²) < 4.78 is 9.22. The number of benzene rings is 1. The normalized spacial score (nSPS) is 19.4. The van der Waals surface area contributed by atoms with Gasteiger partial charge < -0.3 is 9.47 Å². The third kappa shape index (κ3) is 3.16. The van der Waals surface area contributed by atoms with Gasteiger partial charge >= 0.3 is 12.1 Å². The maximum Gasteiger partial charge on any atom is 0.417 e. The van der Waals surface area contributed by atoms with Crippen molar-refractivity contribution in [2.24, 2.45) is 0 Å². The first kappa shape index (κ1) is 15.8. The number of likely N-dealkylation sites (tertiary alicyclic amines) is 1. The Bertz CT molecular complexity index is 608. The molecule has 0 N–H and O–H groups in total. The number of imide groups is 1. The number of hydrogen-bond donors (Lipinski definition) is 0. The quantitative estimate of drug-likeness (QED) is 0.627. The summed E-state index contributed by atoms with van der Waals surface area (Å²) in [7, 11) is 2.38. The van der Waals surface area contributed by atoms with Crippen LogP contribution < -0.4 is 0 Å². The number of methoxy groups -OCH3 is 2. The first-order valence-electron chi connectivity index (χ1n) is 6.80. The van der Waals surface area contributed by atoms with Crippen molar-refractivity contribution >= 4 is 18.0 Å². The molecule has 1 fully saturated rings. The van der Waals surface area contributed by atoms with Crippen LogP contribution in [0.15, 0.2) is 42.0 Å². The number of amides is 2. The predicted molar refractivity (Wildman–Crippen MR) is 77.9 cm³/mol. The van der Waals surface area contributed by atoms with Gasteiger partial charge in [0.15, 0.2) is 0 Å². The predicted octanol–water partition coefficient (Wildman–Crippen LogP) is 1.70. The van der Waals surface area contributed by atoms with E-state index in [1.165, 1.54) is 7.11 Å². The highest BCUT2D eigenvalue weighted by molar-refractivity contribution is 6.08. The van der Waals surface area contributed by atoms with E-state index in [1.54, 1.807) is 6.08 Å². The second-order valence-electron chi connectivity index (χ2n) is 4.81. The Labute approximate surface area is 128 Å². The van der Waals surface area contributed by atoms with Gasteiger partial charge in [-0.25, -0.2) is 14.5 Å². The van der Waals surface area contributed by atoms with Crippen molar-refractivity contribution in [1.29, 1.82) is 0 Å². The average Bonchev–Trinajstić information content (AvgIpc) is 2.89. The third-order valence-corrected chi connectivity index (χ3v) is 3.49. The Morgan fingerprint density at radius 2 is 1.91 bits per heavy atom. The Morgan fingerprint density at radius 1 is 1.23 bits per heavy atom. The van der Waals surface area contributed by atoms with Crippen LogP contribution in [0.2, 0.25) is 0 Å². The molecular weight excluding hydrogens is 286 g/mol. The van der Waals surface area contributed by atoms with E-state index in [0.717, 1.165) is 17.6 Å². The molecule has 6 heteroatoms. The van der Waals surface area contributed by atoms with Crippen LogP contribution in [0.25, 0.3) is 0 Å². The van der Waals surface area contributed by atoms with Gasteiger partial charge in [0, 0.05) is 12.0 Å². The van der Waals surface area contributed by atoms with Crippen LogP contribution in [-0.2, 0) is 25.5 Å². The summed E-state index contributed by atoms with van der Waals surface area (Å²) in [5.74, 6) is -1.15. The lowest BCUT2D eigenvalue weighted by atomic mass is 10.1. The monoisotopic (exact) mass is 303 g/mol. The number of esters is 1. The van der Waals surface area contributed by atoms with E-state index < -0.39 is 24.0 Å². The van der Waals surface area contributed by atoms with Crippen LogP contribution in [0.1, 0.15) is 12.0 Å². The lowest BCUT2D eigenvalue weighted by molar-refractivity contribution is -0.147. The topological polar surface area (TPSA) is 72.9 Å². The van der Waals surface area contributed by atoms with Crippen molar-refractivity contribution in [3.05, 3.63) is 47.5 Å². The van der Waals surface area contributed by atoms with Gasteiger partial charge in [-0.05, 0) is 12.0 Å². The first-order valence-corrected chi connectivity index (χ1v) is 6.80. The molecule has 1 atom stereocenters. The molecule has 2 rings (SSSR count). The fraction of sp³-hybridized carbons (Fsp3) is 0.312. The van der Waals surface area contributed by atoms with Crippen molar-refractivity contribution in [2.45, 2.75) is 18.9 Å². The van der Waals surface area contributed by atoms with E-state index in [1.807, 2.05) is 30.3 Å². The number of ether oxygens (including phenoxy) is 2. The molecule has 0 saturated carbocycles. The Kier molecular flexibility index (Phi) is 4.93. The molecular formula is C16H17NO5. The summed E-state index contributed by atoms with van der Waals surface area (Å²) >= 11 is 0. The maximum absolute atomic E-state index is 12.3. The molecule has 1 aliphatic rings. The zero-order valence-corrected chi connectivity index (χ0v) is 12.4. The molecule has 1 heterocycles. The van der Waals surface area contributed by atoms with Crippen molar-refractivity contribution in [1.82, 2.24) is 4.90 Å². The average molecular weight is 303 g/mol. The summed E-state index contributed by atoms with van der Waals surface area (Å²) in [5.41, 5.74) is 1.44. The summed E-state index contributed by atoms with van der Waals surface area (Å²) in [6.07, 6.45) is 1.55. The number of allylic oxidation sites excluding steroid dienone is 1. The molecule has 116 valence electrons. The number of hydrogen-bond acceptors (Lipinski definition) is 5. The van der Waals surface area contributed by atoms with E-state index in [9.17, 15) is 14.4 Å². The van der Waals surface area contributed by atoms with E-state index in [2.05, 4.69) is 9.47 Å². The molecule has 22 heavy (non-hydrogen) atoms. The maximum atomic E-state index is 12.3. The minimum atomic E-state index is -0.966. The second kappa shape index (κ2) is 6.89. The molecule has 0 bridgehead atoms. The molecule has 1 aliphatic heterocycles. The van der Waals surface area contributed by atoms with Crippen LogP contribution in [0, 0.1) is 0 Å². The fourth-order valence-corrected chi connectivity index (χ4v) is 2.34. The van der Waals surface area contributed by atoms with E-state index in [4.69, 9.17) is 0 Å². The van der Waals surface area contributed by atoms with Crippen LogP contribution >= 0.6 is 0 Å². The lowest BCUT2D eigenvalue weighted by Crippen LogP contribution is -2.43. The van der Waals surface area contributed by atoms with Crippen LogP contribution in [0.4, 0.5) is 4.79 Å². The van der Waals surface area contributed by atoms with E-state index in [-0.39, 0.29) is 6.42 Å². The molecule has 0 spiro atoms. The summed E-state index contributed by atoms with van der Waals surface area (Å²) in [4.78, 5) is 36.6. The van der Waals surface area contributed by atoms with Crippen molar-refractivity contribution in [2.75, 3.05) is 14.2 Å². The zero-order valence-electron chi connectivity index (χ0n) is 12.4. The van der Waals surface area contributed by atoms with Gasteiger partial charge in [-0.2, -0.15) is 0 Å². The van der Waals surface area contributed by atoms with E-state index in [0.29, 0.717) is 12.0 Å². The van der Waals surface area contributed by atoms with Gasteiger partial charge in [0.05, 0.1) is 14.2 Å². The summed E-state index contributed by atoms with van der Waals surface area (Å²) in [6.45, 7) is 0. The fourth-order valence-electron chi connectivity index (χ4n) is 2.34. The minimum Gasteiger partial charge on any atom is -0.467 e. The highest BCUT2D eigenvalue weighted by atomic mass is 16.5. The minimum absolute atomic E-state index is 0.132. The van der Waals surface area contributed by atoms with Crippen LogP contribution in [-0.4, -0.2) is 43.1 Å². The number of nitrogens with zero attached hydrogens (tertiary/aromatic N) is 1. The lowest BCUT2D eigenvalue weighted by Gasteiger charge is -2.18. The largest absolute Gasteiger partial charge is 0.467 e. The molecule has 1 aromatic carbocycles. The Morgan fingerprint density at radius 3 is 2.50 bits per heavy atom. The molecule has 6 nitrogen and oxygen atoms in total. The highest BCUT2D eigenvalue weighted by Crippen LogP contribution is 2.26. The number of rotatable bonds is 3. The zero-order chi connectivity index (χ0) is 16.1. The number of carbonyl (C=O) groups is 3. The second-order valence-corrected chi connectivity index (χ2v) is 4.81. The molecule has 1 saturated heterocycles. The summed E-state index contributed by atoms with van der Waals surface area (Å²) in [5, 5.41) is 0. The van der Waals surface area contributed by atoms with Gasteiger partial charge in [-0.1, -0.05) is 36.4 Å². The van der Waals surface area contributed by atoms with E-state index >= 15 is 0 Å². The first-order chi connectivity index (χ1) is 10.6. The molecule has 0 radical (unpaired) electrons. The van der Waals surface area contributed by atoms with Gasteiger partial charge in [-0.3, -0.25) is 4.79 Å². The number of carbonyl (C=O) groups excluding carboxylic acids is 3. The molecule has 0 unspecified atom stereocenters. The molecule has 0 aromatic heterocycles. The Balaban J connectivity index is 2.21. The standard InChI is InChI=1S/C16H17NO5/c1-21-15(19)13-10-12(14(18)17(13)16(20)22-2)9-8-11-6-4-3-5-7-11/h3-7,9,13H,8,10H2,1-2H3/b12-9-/t13-/m0/s1.